The molecule has 0 saturated carbocycles. The average Bonchev–Trinajstić information content (AvgIpc) is 3.15. The normalized spacial score (nSPS) is 12.1. The molecule has 1 N–H and O–H groups in total. The van der Waals surface area contributed by atoms with Crippen molar-refractivity contribution in [3.8, 4) is 17.5 Å². The standard InChI is InChI=1S/C26H18BrN3O3S/c1-33-21-12-6-9-19(15-21)29-24(31)22(16-28)26-30(20-10-3-2-4-11-20)25(32)23(34-26)14-17-7-5-8-18(27)13-17/h2-15H,1H3,(H,29,31). The van der Waals surface area contributed by atoms with E-state index < -0.39 is 5.91 Å². The summed E-state index contributed by atoms with van der Waals surface area (Å²) in [5.74, 6) is -0.0461. The number of para-hydroxylation sites is 1. The number of aromatic nitrogens is 1. The van der Waals surface area contributed by atoms with Crippen LogP contribution in [0.3, 0.4) is 0 Å². The van der Waals surface area contributed by atoms with Crippen LogP contribution in [0.4, 0.5) is 5.69 Å². The van der Waals surface area contributed by atoms with Gasteiger partial charge in [0.15, 0.2) is 5.57 Å². The van der Waals surface area contributed by atoms with Crippen LogP contribution in [0.1, 0.15) is 5.56 Å². The number of carbonyl (C=O) groups excluding carboxylic acids is 1. The fraction of sp³-hybridized carbons (Fsp3) is 0.0385. The molecule has 1 aromatic heterocycles. The summed E-state index contributed by atoms with van der Waals surface area (Å²) in [7, 11) is 1.53. The quantitative estimate of drug-likeness (QED) is 0.424. The Balaban J connectivity index is 1.93. The first-order valence-electron chi connectivity index (χ1n) is 10.1. The van der Waals surface area contributed by atoms with E-state index >= 15 is 0 Å². The summed E-state index contributed by atoms with van der Waals surface area (Å²) in [4.78, 5) is 26.5. The van der Waals surface area contributed by atoms with Crippen molar-refractivity contribution in [2.75, 3.05) is 12.4 Å². The summed E-state index contributed by atoms with van der Waals surface area (Å²) in [5, 5.41) is 12.7. The maximum atomic E-state index is 13.4. The van der Waals surface area contributed by atoms with Gasteiger partial charge in [0.05, 0.1) is 17.3 Å². The Morgan fingerprint density at radius 3 is 2.56 bits per heavy atom. The van der Waals surface area contributed by atoms with E-state index in [0.29, 0.717) is 21.7 Å². The Labute approximate surface area is 207 Å². The number of carbonyl (C=O) groups is 1. The number of benzene rings is 3. The summed E-state index contributed by atoms with van der Waals surface area (Å²) in [6.45, 7) is 0. The zero-order valence-electron chi connectivity index (χ0n) is 18.0. The van der Waals surface area contributed by atoms with Crippen LogP contribution in [-0.2, 0) is 4.79 Å². The molecule has 1 heterocycles. The average molecular weight is 532 g/mol. The maximum Gasteiger partial charge on any atom is 0.273 e. The van der Waals surface area contributed by atoms with Crippen LogP contribution in [0.5, 0.6) is 5.75 Å². The molecule has 0 radical (unpaired) electrons. The van der Waals surface area contributed by atoms with Gasteiger partial charge in [-0.15, -0.1) is 11.3 Å². The van der Waals surface area contributed by atoms with Crippen molar-refractivity contribution < 1.29 is 9.53 Å². The molecule has 0 aliphatic heterocycles. The lowest BCUT2D eigenvalue weighted by atomic mass is 10.2. The molecule has 1 amide bonds. The third-order valence-electron chi connectivity index (χ3n) is 4.86. The first kappa shape index (κ1) is 23.2. The number of methoxy groups -OCH3 is 1. The van der Waals surface area contributed by atoms with Gasteiger partial charge in [0.25, 0.3) is 11.5 Å². The topological polar surface area (TPSA) is 84.1 Å². The highest BCUT2D eigenvalue weighted by molar-refractivity contribution is 9.10. The van der Waals surface area contributed by atoms with Crippen molar-refractivity contribution in [2.24, 2.45) is 0 Å². The van der Waals surface area contributed by atoms with Gasteiger partial charge >= 0.3 is 0 Å². The molecular formula is C26H18BrN3O3S. The number of amides is 1. The predicted octanol–water partition coefficient (Wildman–Crippen LogP) is 3.81. The number of ether oxygens (including phenoxy) is 1. The van der Waals surface area contributed by atoms with Crippen molar-refractivity contribution in [3.63, 3.8) is 0 Å². The zero-order chi connectivity index (χ0) is 24.1. The Bertz CT molecular complexity index is 1580. The molecule has 0 aliphatic carbocycles. The molecule has 34 heavy (non-hydrogen) atoms. The number of hydrogen-bond donors (Lipinski definition) is 1. The van der Waals surface area contributed by atoms with Crippen molar-refractivity contribution >= 4 is 50.5 Å². The number of nitriles is 1. The number of rotatable bonds is 5. The van der Waals surface area contributed by atoms with Crippen molar-refractivity contribution in [2.45, 2.75) is 0 Å². The molecule has 4 rings (SSSR count). The molecule has 0 aliphatic rings. The van der Waals surface area contributed by atoms with E-state index in [9.17, 15) is 14.9 Å². The smallest absolute Gasteiger partial charge is 0.273 e. The lowest BCUT2D eigenvalue weighted by Crippen LogP contribution is -2.32. The highest BCUT2D eigenvalue weighted by atomic mass is 79.9. The van der Waals surface area contributed by atoms with Crippen molar-refractivity contribution in [1.29, 1.82) is 5.26 Å². The van der Waals surface area contributed by atoms with E-state index in [1.807, 2.05) is 36.4 Å². The van der Waals surface area contributed by atoms with Gasteiger partial charge in [0.1, 0.15) is 16.5 Å². The van der Waals surface area contributed by atoms with Crippen LogP contribution in [0.15, 0.2) is 88.1 Å². The van der Waals surface area contributed by atoms with Crippen molar-refractivity contribution in [3.05, 3.63) is 108 Å². The first-order valence-corrected chi connectivity index (χ1v) is 11.8. The third kappa shape index (κ3) is 5.01. The van der Waals surface area contributed by atoms with Crippen LogP contribution in [-0.4, -0.2) is 17.6 Å². The molecule has 6 nitrogen and oxygen atoms in total. The minimum absolute atomic E-state index is 0.164. The molecule has 168 valence electrons. The molecule has 3 aromatic carbocycles. The number of nitrogens with one attached hydrogen (secondary N) is 1. The van der Waals surface area contributed by atoms with Gasteiger partial charge in [-0.3, -0.25) is 14.2 Å². The van der Waals surface area contributed by atoms with E-state index in [0.717, 1.165) is 21.4 Å². The molecule has 0 fully saturated rings. The predicted molar refractivity (Wildman–Crippen MR) is 138 cm³/mol. The fourth-order valence-electron chi connectivity index (χ4n) is 3.30. The lowest BCUT2D eigenvalue weighted by Gasteiger charge is -2.07. The van der Waals surface area contributed by atoms with Crippen LogP contribution >= 0.6 is 27.3 Å². The monoisotopic (exact) mass is 531 g/mol. The first-order chi connectivity index (χ1) is 16.5. The zero-order valence-corrected chi connectivity index (χ0v) is 20.4. The van der Waals surface area contributed by atoms with Gasteiger partial charge in [-0.25, -0.2) is 0 Å². The summed E-state index contributed by atoms with van der Waals surface area (Å²) in [6, 6.07) is 25.3. The number of anilines is 1. The molecule has 0 spiro atoms. The minimum atomic E-state index is -0.615. The Hall–Kier alpha value is -3.93. The summed E-state index contributed by atoms with van der Waals surface area (Å²) < 4.78 is 8.13. The number of halogens is 1. The summed E-state index contributed by atoms with van der Waals surface area (Å²) >= 11 is 4.53. The second kappa shape index (κ2) is 10.3. The van der Waals surface area contributed by atoms with Crippen LogP contribution < -0.4 is 24.8 Å². The Kier molecular flexibility index (Phi) is 7.07. The SMILES string of the molecule is COc1cccc(NC(=O)C(C#N)=c2sc(=Cc3cccc(Br)c3)c(=O)n2-c2ccccc2)c1. The molecule has 4 aromatic rings. The van der Waals surface area contributed by atoms with E-state index in [-0.39, 0.29) is 15.8 Å². The van der Waals surface area contributed by atoms with Crippen molar-refractivity contribution in [1.82, 2.24) is 4.57 Å². The van der Waals surface area contributed by atoms with Crippen LogP contribution in [0.2, 0.25) is 0 Å². The molecule has 0 unspecified atom stereocenters. The highest BCUT2D eigenvalue weighted by Crippen LogP contribution is 2.17. The molecule has 8 heteroatoms. The molecule has 0 atom stereocenters. The number of thiazole rings is 1. The van der Waals surface area contributed by atoms with Crippen LogP contribution in [0.25, 0.3) is 17.3 Å². The Morgan fingerprint density at radius 1 is 1.09 bits per heavy atom. The maximum absolute atomic E-state index is 13.4. The molecule has 0 bridgehead atoms. The van der Waals surface area contributed by atoms with Gasteiger partial charge in [-0.1, -0.05) is 52.3 Å². The van der Waals surface area contributed by atoms with Gasteiger partial charge in [0, 0.05) is 16.2 Å². The largest absolute Gasteiger partial charge is 0.497 e. The van der Waals surface area contributed by atoms with Gasteiger partial charge in [-0.05, 0) is 48.0 Å². The summed E-state index contributed by atoms with van der Waals surface area (Å²) in [6.07, 6.45) is 1.75. The van der Waals surface area contributed by atoms with Gasteiger partial charge in [-0.2, -0.15) is 5.26 Å². The summed E-state index contributed by atoms with van der Waals surface area (Å²) in [5.41, 5.74) is 1.38. The van der Waals surface area contributed by atoms with E-state index in [1.54, 1.807) is 54.6 Å². The van der Waals surface area contributed by atoms with E-state index in [4.69, 9.17) is 4.74 Å². The number of hydrogen-bond acceptors (Lipinski definition) is 5. The highest BCUT2D eigenvalue weighted by Gasteiger charge is 2.17. The van der Waals surface area contributed by atoms with E-state index in [2.05, 4.69) is 21.2 Å². The Morgan fingerprint density at radius 2 is 1.85 bits per heavy atom. The second-order valence-electron chi connectivity index (χ2n) is 7.12. The van der Waals surface area contributed by atoms with E-state index in [1.165, 1.54) is 11.7 Å². The third-order valence-corrected chi connectivity index (χ3v) is 6.45. The van der Waals surface area contributed by atoms with Gasteiger partial charge in [0.2, 0.25) is 0 Å². The second-order valence-corrected chi connectivity index (χ2v) is 9.07. The lowest BCUT2D eigenvalue weighted by molar-refractivity contribution is -0.111. The van der Waals surface area contributed by atoms with Crippen LogP contribution in [0, 0.1) is 11.3 Å². The van der Waals surface area contributed by atoms with Gasteiger partial charge < -0.3 is 10.1 Å². The fourth-order valence-corrected chi connectivity index (χ4v) is 4.82. The molecular weight excluding hydrogens is 514 g/mol. The number of nitrogens with zero attached hydrogens (tertiary/aromatic N) is 2. The minimum Gasteiger partial charge on any atom is -0.497 e. The molecule has 0 saturated heterocycles.